The van der Waals surface area contributed by atoms with Gasteiger partial charge >= 0.3 is 0 Å². The van der Waals surface area contributed by atoms with E-state index in [1.165, 1.54) is 32.1 Å². The molecule has 0 aromatic carbocycles. The highest BCUT2D eigenvalue weighted by molar-refractivity contribution is 5.78. The molecule has 0 aromatic rings. The summed E-state index contributed by atoms with van der Waals surface area (Å²) < 4.78 is 0. The molecule has 106 valence electrons. The smallest absolute Gasteiger partial charge is 0.225 e. The fourth-order valence-corrected chi connectivity index (χ4v) is 2.85. The highest BCUT2D eigenvalue weighted by Gasteiger charge is 2.23. The van der Waals surface area contributed by atoms with Crippen LogP contribution in [-0.2, 0) is 4.79 Å². The monoisotopic (exact) mass is 254 g/mol. The second kappa shape index (κ2) is 9.37. The molecule has 3 heteroatoms. The molecule has 1 fully saturated rings. The number of nitrogens with two attached hydrogens (primary N) is 1. The first-order chi connectivity index (χ1) is 8.79. The van der Waals surface area contributed by atoms with E-state index in [2.05, 4.69) is 11.8 Å². The van der Waals surface area contributed by atoms with Gasteiger partial charge in [0.25, 0.3) is 0 Å². The van der Waals surface area contributed by atoms with Crippen LogP contribution in [0.3, 0.4) is 0 Å². The van der Waals surface area contributed by atoms with Crippen LogP contribution in [0.2, 0.25) is 0 Å². The van der Waals surface area contributed by atoms with Gasteiger partial charge < -0.3 is 10.6 Å². The Labute approximate surface area is 112 Å². The molecule has 0 aromatic heterocycles. The lowest BCUT2D eigenvalue weighted by atomic mass is 9.90. The molecule has 0 spiro atoms. The predicted octanol–water partition coefficient (Wildman–Crippen LogP) is 2.93. The average molecular weight is 254 g/mol. The Morgan fingerprint density at radius 2 is 1.72 bits per heavy atom. The van der Waals surface area contributed by atoms with Crippen molar-refractivity contribution < 1.29 is 4.79 Å². The van der Waals surface area contributed by atoms with Gasteiger partial charge in [-0.2, -0.15) is 0 Å². The Balaban J connectivity index is 2.49. The van der Waals surface area contributed by atoms with Gasteiger partial charge in [-0.15, -0.1) is 0 Å². The Morgan fingerprint density at radius 3 is 2.28 bits per heavy atom. The van der Waals surface area contributed by atoms with E-state index in [0.717, 1.165) is 38.8 Å². The van der Waals surface area contributed by atoms with Crippen LogP contribution < -0.4 is 5.73 Å². The third kappa shape index (κ3) is 5.38. The number of hydrogen-bond acceptors (Lipinski definition) is 2. The zero-order valence-electron chi connectivity index (χ0n) is 12.0. The van der Waals surface area contributed by atoms with Crippen molar-refractivity contribution in [2.75, 3.05) is 19.6 Å². The first-order valence-corrected chi connectivity index (χ1v) is 7.78. The normalized spacial score (nSPS) is 18.1. The summed E-state index contributed by atoms with van der Waals surface area (Å²) in [5.41, 5.74) is 5.56. The molecular formula is C15H30N2O. The lowest BCUT2D eigenvalue weighted by molar-refractivity contribution is -0.136. The van der Waals surface area contributed by atoms with Gasteiger partial charge in [0, 0.05) is 19.0 Å². The summed E-state index contributed by atoms with van der Waals surface area (Å²) in [5.74, 6) is 0.682. The number of rotatable bonds is 6. The van der Waals surface area contributed by atoms with E-state index in [-0.39, 0.29) is 5.92 Å². The average Bonchev–Trinajstić information content (AvgIpc) is 2.33. The van der Waals surface area contributed by atoms with E-state index in [9.17, 15) is 4.79 Å². The van der Waals surface area contributed by atoms with Crippen molar-refractivity contribution in [1.82, 2.24) is 4.90 Å². The topological polar surface area (TPSA) is 46.3 Å². The first kappa shape index (κ1) is 15.5. The van der Waals surface area contributed by atoms with Gasteiger partial charge in [-0.3, -0.25) is 4.79 Å². The van der Waals surface area contributed by atoms with Crippen molar-refractivity contribution in [3.8, 4) is 0 Å². The zero-order chi connectivity index (χ0) is 13.2. The maximum Gasteiger partial charge on any atom is 0.225 e. The summed E-state index contributed by atoms with van der Waals surface area (Å²) in [6.07, 6.45) is 10.6. The third-order valence-electron chi connectivity index (χ3n) is 3.89. The van der Waals surface area contributed by atoms with Crippen LogP contribution in [0.4, 0.5) is 0 Å². The first-order valence-electron chi connectivity index (χ1n) is 7.78. The maximum atomic E-state index is 12.5. The minimum absolute atomic E-state index is 0.287. The molecule has 18 heavy (non-hydrogen) atoms. The molecule has 1 aliphatic rings. The van der Waals surface area contributed by atoms with Crippen LogP contribution in [0, 0.1) is 5.92 Å². The molecule has 0 heterocycles. The van der Waals surface area contributed by atoms with Gasteiger partial charge in [0.05, 0.1) is 0 Å². The molecule has 1 rings (SSSR count). The van der Waals surface area contributed by atoms with Gasteiger partial charge in [-0.25, -0.2) is 0 Å². The van der Waals surface area contributed by atoms with E-state index in [0.29, 0.717) is 12.5 Å². The van der Waals surface area contributed by atoms with E-state index in [1.54, 1.807) is 0 Å². The molecule has 1 aliphatic carbocycles. The highest BCUT2D eigenvalue weighted by atomic mass is 16.2. The third-order valence-corrected chi connectivity index (χ3v) is 3.89. The summed E-state index contributed by atoms with van der Waals surface area (Å²) in [6.45, 7) is 4.56. The molecule has 0 radical (unpaired) electrons. The standard InChI is InChI=1S/C15H30N2O/c1-2-12-17(13-8-11-16)15(18)14-9-6-4-3-5-7-10-14/h14H,2-13,16H2,1H3. The van der Waals surface area contributed by atoms with Gasteiger partial charge in [0.2, 0.25) is 5.91 Å². The second-order valence-electron chi connectivity index (χ2n) is 5.51. The van der Waals surface area contributed by atoms with Crippen LogP contribution in [0.1, 0.15) is 64.7 Å². The number of amides is 1. The Bertz CT molecular complexity index is 216. The lowest BCUT2D eigenvalue weighted by Gasteiger charge is -2.28. The minimum atomic E-state index is 0.287. The highest BCUT2D eigenvalue weighted by Crippen LogP contribution is 2.24. The lowest BCUT2D eigenvalue weighted by Crippen LogP contribution is -2.38. The molecule has 2 N–H and O–H groups in total. The second-order valence-corrected chi connectivity index (χ2v) is 5.51. The SMILES string of the molecule is CCCN(CCCN)C(=O)C1CCCCCCC1. The molecule has 1 amide bonds. The predicted molar refractivity (Wildman–Crippen MR) is 76.4 cm³/mol. The van der Waals surface area contributed by atoms with E-state index >= 15 is 0 Å². The quantitative estimate of drug-likeness (QED) is 0.792. The molecule has 0 atom stereocenters. The van der Waals surface area contributed by atoms with E-state index < -0.39 is 0 Å². The summed E-state index contributed by atoms with van der Waals surface area (Å²) in [4.78, 5) is 14.6. The fourth-order valence-electron chi connectivity index (χ4n) is 2.85. The molecule has 0 bridgehead atoms. The zero-order valence-corrected chi connectivity index (χ0v) is 12.0. The summed E-state index contributed by atoms with van der Waals surface area (Å²) in [6, 6.07) is 0. The van der Waals surface area contributed by atoms with Crippen molar-refractivity contribution in [2.45, 2.75) is 64.7 Å². The minimum Gasteiger partial charge on any atom is -0.342 e. The summed E-state index contributed by atoms with van der Waals surface area (Å²) in [5, 5.41) is 0. The molecule has 3 nitrogen and oxygen atoms in total. The van der Waals surface area contributed by atoms with E-state index in [4.69, 9.17) is 5.73 Å². The van der Waals surface area contributed by atoms with Crippen molar-refractivity contribution in [2.24, 2.45) is 11.7 Å². The number of hydrogen-bond donors (Lipinski definition) is 1. The Hall–Kier alpha value is -0.570. The number of nitrogens with zero attached hydrogens (tertiary/aromatic N) is 1. The Kier molecular flexibility index (Phi) is 8.06. The largest absolute Gasteiger partial charge is 0.342 e. The maximum absolute atomic E-state index is 12.5. The van der Waals surface area contributed by atoms with Crippen LogP contribution >= 0.6 is 0 Å². The van der Waals surface area contributed by atoms with Crippen LogP contribution in [0.15, 0.2) is 0 Å². The molecular weight excluding hydrogens is 224 g/mol. The van der Waals surface area contributed by atoms with Crippen LogP contribution in [0.25, 0.3) is 0 Å². The summed E-state index contributed by atoms with van der Waals surface area (Å²) >= 11 is 0. The van der Waals surface area contributed by atoms with Gasteiger partial charge in [-0.1, -0.05) is 39.0 Å². The van der Waals surface area contributed by atoms with Gasteiger partial charge in [0.1, 0.15) is 0 Å². The Morgan fingerprint density at radius 1 is 1.11 bits per heavy atom. The number of carbonyl (C=O) groups is 1. The van der Waals surface area contributed by atoms with Crippen molar-refractivity contribution in [3.05, 3.63) is 0 Å². The molecule has 1 saturated carbocycles. The van der Waals surface area contributed by atoms with E-state index in [1.807, 2.05) is 0 Å². The number of carbonyl (C=O) groups excluding carboxylic acids is 1. The van der Waals surface area contributed by atoms with Crippen LogP contribution in [-0.4, -0.2) is 30.4 Å². The molecule has 0 saturated heterocycles. The van der Waals surface area contributed by atoms with Gasteiger partial charge in [0.15, 0.2) is 0 Å². The van der Waals surface area contributed by atoms with Crippen molar-refractivity contribution in [3.63, 3.8) is 0 Å². The van der Waals surface area contributed by atoms with Crippen molar-refractivity contribution in [1.29, 1.82) is 0 Å². The fraction of sp³-hybridized carbons (Fsp3) is 0.933. The van der Waals surface area contributed by atoms with Crippen molar-refractivity contribution >= 4 is 5.91 Å². The van der Waals surface area contributed by atoms with Gasteiger partial charge in [-0.05, 0) is 32.2 Å². The molecule has 0 unspecified atom stereocenters. The summed E-state index contributed by atoms with van der Waals surface area (Å²) in [7, 11) is 0. The van der Waals surface area contributed by atoms with Crippen LogP contribution in [0.5, 0.6) is 0 Å². The molecule has 0 aliphatic heterocycles.